The van der Waals surface area contributed by atoms with E-state index in [4.69, 9.17) is 9.72 Å². The van der Waals surface area contributed by atoms with Crippen molar-refractivity contribution in [2.24, 2.45) is 0 Å². The Morgan fingerprint density at radius 2 is 2.00 bits per heavy atom. The highest BCUT2D eigenvalue weighted by Gasteiger charge is 2.44. The van der Waals surface area contributed by atoms with Gasteiger partial charge in [0.15, 0.2) is 23.2 Å². The summed E-state index contributed by atoms with van der Waals surface area (Å²) in [6.07, 6.45) is 4.75. The fourth-order valence-corrected chi connectivity index (χ4v) is 4.19. The van der Waals surface area contributed by atoms with Crippen LogP contribution in [0.3, 0.4) is 0 Å². The average molecular weight is 391 g/mol. The summed E-state index contributed by atoms with van der Waals surface area (Å²) in [5.74, 6) is 1.43. The number of aliphatic hydroxyl groups excluding tert-OH is 3. The van der Waals surface area contributed by atoms with Crippen LogP contribution in [0.2, 0.25) is 0 Å². The van der Waals surface area contributed by atoms with E-state index in [2.05, 4.69) is 22.2 Å². The van der Waals surface area contributed by atoms with Crippen molar-refractivity contribution in [2.45, 2.75) is 82.5 Å². The molecule has 0 aromatic carbocycles. The lowest BCUT2D eigenvalue weighted by Gasteiger charge is -2.19. The predicted molar refractivity (Wildman–Crippen MR) is 103 cm³/mol. The maximum Gasteiger partial charge on any atom is 0.167 e. The molecular formula is C19H29N5O4. The van der Waals surface area contributed by atoms with Gasteiger partial charge in [0.05, 0.1) is 6.61 Å². The number of aliphatic hydroxyl groups is 3. The van der Waals surface area contributed by atoms with Crippen LogP contribution in [0, 0.1) is 0 Å². The molecule has 1 saturated heterocycles. The lowest BCUT2D eigenvalue weighted by atomic mass is 10.1. The molecular weight excluding hydrogens is 362 g/mol. The smallest absolute Gasteiger partial charge is 0.167 e. The maximum atomic E-state index is 10.5. The van der Waals surface area contributed by atoms with Crippen molar-refractivity contribution >= 4 is 17.0 Å². The number of hydrogen-bond donors (Lipinski definition) is 4. The number of fused-ring (bicyclic) bond motifs is 1. The van der Waals surface area contributed by atoms with Crippen LogP contribution in [0.5, 0.6) is 0 Å². The summed E-state index contributed by atoms with van der Waals surface area (Å²) in [4.78, 5) is 13.6. The van der Waals surface area contributed by atoms with Gasteiger partial charge < -0.3 is 25.4 Å². The van der Waals surface area contributed by atoms with E-state index in [1.807, 2.05) is 0 Å². The van der Waals surface area contributed by atoms with Crippen LogP contribution in [-0.4, -0.2) is 65.8 Å². The molecule has 0 bridgehead atoms. The monoisotopic (exact) mass is 391 g/mol. The zero-order valence-corrected chi connectivity index (χ0v) is 16.2. The van der Waals surface area contributed by atoms with Gasteiger partial charge >= 0.3 is 0 Å². The minimum atomic E-state index is -1.17. The first-order valence-corrected chi connectivity index (χ1v) is 10.2. The third-order valence-corrected chi connectivity index (χ3v) is 5.77. The Kier molecular flexibility index (Phi) is 5.77. The van der Waals surface area contributed by atoms with Crippen LogP contribution < -0.4 is 5.32 Å². The fraction of sp³-hybridized carbons (Fsp3) is 0.737. The second kappa shape index (κ2) is 8.28. The molecule has 2 aromatic heterocycles. The SMILES string of the molecule is CCCCc1nc2c(NC3CCCC3)ncnc2n1[C@@H]1O[C@H](CO)[C@@H](O)[C@H]1O. The highest BCUT2D eigenvalue weighted by molar-refractivity contribution is 5.83. The van der Waals surface area contributed by atoms with Crippen molar-refractivity contribution in [2.75, 3.05) is 11.9 Å². The summed E-state index contributed by atoms with van der Waals surface area (Å²) in [5, 5.41) is 33.7. The van der Waals surface area contributed by atoms with E-state index in [-0.39, 0.29) is 6.61 Å². The van der Waals surface area contributed by atoms with Crippen molar-refractivity contribution in [3.05, 3.63) is 12.2 Å². The van der Waals surface area contributed by atoms with Crippen molar-refractivity contribution < 1.29 is 20.1 Å². The van der Waals surface area contributed by atoms with Gasteiger partial charge in [0.25, 0.3) is 0 Å². The number of ether oxygens (including phenoxy) is 1. The van der Waals surface area contributed by atoms with Gasteiger partial charge in [0, 0.05) is 12.5 Å². The van der Waals surface area contributed by atoms with E-state index >= 15 is 0 Å². The van der Waals surface area contributed by atoms with Gasteiger partial charge in [-0.05, 0) is 19.3 Å². The van der Waals surface area contributed by atoms with Gasteiger partial charge in [-0.2, -0.15) is 0 Å². The molecule has 4 rings (SSSR count). The Labute approximate surface area is 163 Å². The van der Waals surface area contributed by atoms with Crippen LogP contribution >= 0.6 is 0 Å². The molecule has 2 fully saturated rings. The molecule has 2 aromatic rings. The summed E-state index contributed by atoms with van der Waals surface area (Å²) in [6.45, 7) is 1.74. The topological polar surface area (TPSA) is 126 Å². The number of unbranched alkanes of at least 4 members (excludes halogenated alkanes) is 1. The number of nitrogens with zero attached hydrogens (tertiary/aromatic N) is 4. The zero-order chi connectivity index (χ0) is 19.7. The molecule has 28 heavy (non-hydrogen) atoms. The molecule has 0 amide bonds. The van der Waals surface area contributed by atoms with E-state index in [0.717, 1.165) is 31.5 Å². The quantitative estimate of drug-likeness (QED) is 0.554. The fourth-order valence-electron chi connectivity index (χ4n) is 4.19. The summed E-state index contributed by atoms with van der Waals surface area (Å²) >= 11 is 0. The first-order valence-electron chi connectivity index (χ1n) is 10.2. The second-order valence-corrected chi connectivity index (χ2v) is 7.75. The number of imidazole rings is 1. The minimum absolute atomic E-state index is 0.366. The minimum Gasteiger partial charge on any atom is -0.394 e. The molecule has 3 heterocycles. The summed E-state index contributed by atoms with van der Waals surface area (Å²) in [7, 11) is 0. The first-order chi connectivity index (χ1) is 13.6. The maximum absolute atomic E-state index is 10.5. The summed E-state index contributed by atoms with van der Waals surface area (Å²) in [5.41, 5.74) is 1.22. The van der Waals surface area contributed by atoms with E-state index in [9.17, 15) is 15.3 Å². The van der Waals surface area contributed by atoms with Crippen LogP contribution in [0.25, 0.3) is 11.2 Å². The molecule has 154 valence electrons. The number of aromatic nitrogens is 4. The van der Waals surface area contributed by atoms with Crippen LogP contribution in [0.4, 0.5) is 5.82 Å². The van der Waals surface area contributed by atoms with Gasteiger partial charge in [-0.3, -0.25) is 4.57 Å². The summed E-state index contributed by atoms with van der Waals surface area (Å²) in [6, 6.07) is 0.385. The van der Waals surface area contributed by atoms with Gasteiger partial charge in [-0.15, -0.1) is 0 Å². The zero-order valence-electron chi connectivity index (χ0n) is 16.2. The molecule has 1 aliphatic heterocycles. The molecule has 1 saturated carbocycles. The van der Waals surface area contributed by atoms with Gasteiger partial charge in [-0.25, -0.2) is 15.0 Å². The summed E-state index contributed by atoms with van der Waals surface area (Å²) < 4.78 is 7.53. The molecule has 0 radical (unpaired) electrons. The third kappa shape index (κ3) is 3.47. The molecule has 4 N–H and O–H groups in total. The molecule has 0 unspecified atom stereocenters. The Bertz CT molecular complexity index is 807. The Balaban J connectivity index is 1.75. The number of anilines is 1. The van der Waals surface area contributed by atoms with Crippen molar-refractivity contribution in [3.8, 4) is 0 Å². The molecule has 0 spiro atoms. The van der Waals surface area contributed by atoms with E-state index in [1.165, 1.54) is 19.2 Å². The number of aryl methyl sites for hydroxylation is 1. The highest BCUT2D eigenvalue weighted by atomic mass is 16.6. The van der Waals surface area contributed by atoms with E-state index in [1.54, 1.807) is 4.57 Å². The Morgan fingerprint density at radius 1 is 1.21 bits per heavy atom. The molecule has 2 aliphatic rings. The van der Waals surface area contributed by atoms with Crippen molar-refractivity contribution in [1.29, 1.82) is 0 Å². The van der Waals surface area contributed by atoms with Crippen LogP contribution in [0.1, 0.15) is 57.5 Å². The first kappa shape index (κ1) is 19.5. The third-order valence-electron chi connectivity index (χ3n) is 5.77. The van der Waals surface area contributed by atoms with Crippen LogP contribution in [0.15, 0.2) is 6.33 Å². The number of rotatable bonds is 7. The molecule has 9 nitrogen and oxygen atoms in total. The molecule has 4 atom stereocenters. The van der Waals surface area contributed by atoms with Crippen molar-refractivity contribution in [3.63, 3.8) is 0 Å². The Hall–Kier alpha value is -1.81. The second-order valence-electron chi connectivity index (χ2n) is 7.75. The predicted octanol–water partition coefficient (Wildman–Crippen LogP) is 1.13. The standard InChI is InChI=1S/C19H29N5O4/c1-2-3-8-13-23-14-17(22-11-6-4-5-7-11)20-10-21-18(14)24(13)19-16(27)15(26)12(9-25)28-19/h10-12,15-16,19,25-27H,2-9H2,1H3,(H,20,21,22)/t12-,15-,16-,19-/m1/s1. The van der Waals surface area contributed by atoms with Crippen molar-refractivity contribution in [1.82, 2.24) is 19.5 Å². The molecule has 9 heteroatoms. The van der Waals surface area contributed by atoms with E-state index < -0.39 is 24.5 Å². The average Bonchev–Trinajstić information content (AvgIpc) is 3.40. The largest absolute Gasteiger partial charge is 0.394 e. The van der Waals surface area contributed by atoms with E-state index in [0.29, 0.717) is 29.4 Å². The van der Waals surface area contributed by atoms with Crippen LogP contribution in [-0.2, 0) is 11.2 Å². The molecule has 1 aliphatic carbocycles. The van der Waals surface area contributed by atoms with Gasteiger partial charge in [-0.1, -0.05) is 26.2 Å². The van der Waals surface area contributed by atoms with Gasteiger partial charge in [0.2, 0.25) is 0 Å². The lowest BCUT2D eigenvalue weighted by molar-refractivity contribution is -0.0522. The normalized spacial score (nSPS) is 28.4. The Morgan fingerprint density at radius 3 is 2.68 bits per heavy atom. The highest BCUT2D eigenvalue weighted by Crippen LogP contribution is 2.34. The van der Waals surface area contributed by atoms with Gasteiger partial charge in [0.1, 0.15) is 30.5 Å². The number of hydrogen-bond acceptors (Lipinski definition) is 8. The number of nitrogens with one attached hydrogen (secondary N) is 1. The lowest BCUT2D eigenvalue weighted by Crippen LogP contribution is -2.33.